The van der Waals surface area contributed by atoms with Gasteiger partial charge in [-0.05, 0) is 71.6 Å². The Labute approximate surface area is 273 Å². The molecule has 2 fully saturated rings. The molecule has 5 aliphatic rings. The van der Waals surface area contributed by atoms with E-state index in [0.29, 0.717) is 46.3 Å². The number of carbonyl (C=O) groups is 4. The maximum Gasteiger partial charge on any atom is 0.230 e. The highest BCUT2D eigenvalue weighted by atomic mass is 16.3. The number of Topliss-reactive ketones (excluding diaryl/α,β-unsaturated/α-hetero) is 4. The molecule has 0 bridgehead atoms. The molecule has 0 radical (unpaired) electrons. The van der Waals surface area contributed by atoms with E-state index in [1.54, 1.807) is 12.1 Å². The van der Waals surface area contributed by atoms with E-state index in [0.717, 1.165) is 25.7 Å². The predicted octanol–water partition coefficient (Wildman–Crippen LogP) is 8.09. The summed E-state index contributed by atoms with van der Waals surface area (Å²) in [5.74, 6) is -3.46. The van der Waals surface area contributed by atoms with Crippen molar-refractivity contribution in [2.75, 3.05) is 0 Å². The number of ketones is 4. The normalized spacial score (nSPS) is 33.5. The van der Waals surface area contributed by atoms with Crippen molar-refractivity contribution in [3.63, 3.8) is 0 Å². The SMILES string of the molecule is CC(C)C1=CC2=C(C(=O)C1=O)[C@@]1(C)CCCC(C)(C)[C@@H]1C(=O)C2=C1C(=O)[C@H]2C(C)(C)CCC[C@]2(C)c2c1cc(C(C)C)c(O)c2O. The molecule has 1 aromatic rings. The number of aromatic hydroxyl groups is 2. The van der Waals surface area contributed by atoms with Gasteiger partial charge >= 0.3 is 0 Å². The molecule has 6 nitrogen and oxygen atoms in total. The average Bonchev–Trinajstić information content (AvgIpc) is 2.91. The first-order chi connectivity index (χ1) is 21.2. The Kier molecular flexibility index (Phi) is 7.18. The standard InChI is InChI=1S/C40H50O6/c1-19(2)21-17-23-25(31(43)35-37(5,6)13-11-15-39(35,9)27(23)33(45)29(21)41)26-24-18-22(20(3)4)30(42)34(46)28(24)40(10)16-12-14-38(7,8)36(40)32(26)44/h17-20,35-36,41,45H,11-16H2,1-10H3/t35-,36-,39+,40+/m0/s1. The summed E-state index contributed by atoms with van der Waals surface area (Å²) in [6.07, 6.45) is 6.23. The molecule has 246 valence electrons. The molecule has 5 aliphatic carbocycles. The van der Waals surface area contributed by atoms with Crippen molar-refractivity contribution in [1.82, 2.24) is 0 Å². The van der Waals surface area contributed by atoms with Crippen LogP contribution >= 0.6 is 0 Å². The number of phenolic OH excluding ortho intramolecular Hbond substituents is 2. The third-order valence-corrected chi connectivity index (χ3v) is 12.6. The van der Waals surface area contributed by atoms with Crippen molar-refractivity contribution in [3.05, 3.63) is 51.1 Å². The summed E-state index contributed by atoms with van der Waals surface area (Å²) in [7, 11) is 0. The Bertz CT molecular complexity index is 1730. The van der Waals surface area contributed by atoms with E-state index in [2.05, 4.69) is 27.7 Å². The lowest BCUT2D eigenvalue weighted by Gasteiger charge is -2.56. The summed E-state index contributed by atoms with van der Waals surface area (Å²) in [6.45, 7) is 19.8. The van der Waals surface area contributed by atoms with Crippen LogP contribution in [0.1, 0.15) is 130 Å². The van der Waals surface area contributed by atoms with Gasteiger partial charge in [0.2, 0.25) is 11.6 Å². The van der Waals surface area contributed by atoms with Crippen molar-refractivity contribution >= 4 is 28.7 Å². The number of hydrogen-bond acceptors (Lipinski definition) is 6. The highest BCUT2D eigenvalue weighted by Gasteiger charge is 2.62. The van der Waals surface area contributed by atoms with E-state index in [1.165, 1.54) is 0 Å². The zero-order valence-corrected chi connectivity index (χ0v) is 29.2. The molecule has 2 saturated carbocycles. The van der Waals surface area contributed by atoms with Gasteiger partial charge in [-0.2, -0.15) is 0 Å². The number of rotatable bonds is 2. The lowest BCUT2D eigenvalue weighted by atomic mass is 9.45. The largest absolute Gasteiger partial charge is 0.504 e. The van der Waals surface area contributed by atoms with Gasteiger partial charge in [0.25, 0.3) is 0 Å². The molecular formula is C40H50O6. The maximum atomic E-state index is 15.4. The number of allylic oxidation sites excluding steroid dienone is 6. The van der Waals surface area contributed by atoms with Crippen molar-refractivity contribution in [3.8, 4) is 11.5 Å². The molecule has 0 amide bonds. The van der Waals surface area contributed by atoms with Gasteiger partial charge in [0.05, 0.1) is 0 Å². The van der Waals surface area contributed by atoms with Crippen LogP contribution in [0.15, 0.2) is 34.4 Å². The van der Waals surface area contributed by atoms with E-state index in [1.807, 2.05) is 41.5 Å². The monoisotopic (exact) mass is 626 g/mol. The van der Waals surface area contributed by atoms with Crippen LogP contribution in [0.25, 0.3) is 5.57 Å². The fourth-order valence-corrected chi connectivity index (χ4v) is 10.8. The molecule has 0 saturated heterocycles. The number of benzene rings is 1. The number of phenols is 2. The molecule has 0 heterocycles. The summed E-state index contributed by atoms with van der Waals surface area (Å²) in [6, 6.07) is 1.80. The minimum atomic E-state index is -0.858. The van der Waals surface area contributed by atoms with Gasteiger partial charge < -0.3 is 10.2 Å². The maximum absolute atomic E-state index is 15.4. The number of carbonyl (C=O) groups excluding carboxylic acids is 4. The first kappa shape index (κ1) is 32.7. The van der Waals surface area contributed by atoms with E-state index in [9.17, 15) is 19.8 Å². The average molecular weight is 627 g/mol. The minimum absolute atomic E-state index is 0.157. The smallest absolute Gasteiger partial charge is 0.230 e. The zero-order chi connectivity index (χ0) is 34.0. The van der Waals surface area contributed by atoms with Crippen LogP contribution in [0.3, 0.4) is 0 Å². The lowest BCUT2D eigenvalue weighted by molar-refractivity contribution is -0.137. The quantitative estimate of drug-likeness (QED) is 0.149. The Morgan fingerprint density at radius 2 is 1.20 bits per heavy atom. The van der Waals surface area contributed by atoms with Crippen LogP contribution in [0.4, 0.5) is 0 Å². The fourth-order valence-electron chi connectivity index (χ4n) is 10.8. The molecule has 46 heavy (non-hydrogen) atoms. The van der Waals surface area contributed by atoms with Gasteiger partial charge in [-0.1, -0.05) is 82.1 Å². The molecule has 0 aromatic heterocycles. The van der Waals surface area contributed by atoms with Crippen LogP contribution in [0, 0.1) is 34.0 Å². The summed E-state index contributed by atoms with van der Waals surface area (Å²) < 4.78 is 0. The second-order valence-electron chi connectivity index (χ2n) is 17.3. The molecule has 6 rings (SSSR count). The van der Waals surface area contributed by atoms with Crippen molar-refractivity contribution < 1.29 is 29.4 Å². The molecule has 6 heteroatoms. The van der Waals surface area contributed by atoms with Gasteiger partial charge in [-0.25, -0.2) is 0 Å². The molecule has 0 spiro atoms. The Balaban J connectivity index is 1.85. The van der Waals surface area contributed by atoms with Crippen LogP contribution < -0.4 is 0 Å². The number of fused-ring (bicyclic) bond motifs is 5. The second-order valence-corrected chi connectivity index (χ2v) is 17.3. The van der Waals surface area contributed by atoms with E-state index in [-0.39, 0.29) is 46.0 Å². The van der Waals surface area contributed by atoms with Crippen molar-refractivity contribution in [1.29, 1.82) is 0 Å². The first-order valence-corrected chi connectivity index (χ1v) is 17.2. The molecule has 0 aliphatic heterocycles. The highest BCUT2D eigenvalue weighted by molar-refractivity contribution is 6.51. The topological polar surface area (TPSA) is 109 Å². The molecule has 1 aromatic carbocycles. The summed E-state index contributed by atoms with van der Waals surface area (Å²) in [5.41, 5.74) is 0.429. The van der Waals surface area contributed by atoms with Crippen LogP contribution in [-0.4, -0.2) is 33.3 Å². The lowest BCUT2D eigenvalue weighted by Crippen LogP contribution is -2.55. The van der Waals surface area contributed by atoms with Crippen LogP contribution in [0.2, 0.25) is 0 Å². The van der Waals surface area contributed by atoms with Crippen molar-refractivity contribution in [2.24, 2.45) is 34.0 Å². The third kappa shape index (κ3) is 4.13. The van der Waals surface area contributed by atoms with Gasteiger partial charge in [0.1, 0.15) is 0 Å². The molecular weight excluding hydrogens is 576 g/mol. The van der Waals surface area contributed by atoms with Crippen LogP contribution in [-0.2, 0) is 24.6 Å². The van der Waals surface area contributed by atoms with Gasteiger partial charge in [-0.3, -0.25) is 19.2 Å². The van der Waals surface area contributed by atoms with Crippen LogP contribution in [0.5, 0.6) is 11.5 Å². The van der Waals surface area contributed by atoms with Crippen molar-refractivity contribution in [2.45, 2.75) is 119 Å². The number of hydrogen-bond donors (Lipinski definition) is 2. The third-order valence-electron chi connectivity index (χ3n) is 12.6. The molecule has 4 atom stereocenters. The Hall–Kier alpha value is -3.28. The second kappa shape index (κ2) is 10.1. The first-order valence-electron chi connectivity index (χ1n) is 17.2. The summed E-state index contributed by atoms with van der Waals surface area (Å²) in [4.78, 5) is 58.7. The zero-order valence-electron chi connectivity index (χ0n) is 29.2. The Morgan fingerprint density at radius 1 is 0.674 bits per heavy atom. The van der Waals surface area contributed by atoms with E-state index >= 15 is 9.59 Å². The summed E-state index contributed by atoms with van der Waals surface area (Å²) in [5, 5.41) is 23.2. The minimum Gasteiger partial charge on any atom is -0.504 e. The highest BCUT2D eigenvalue weighted by Crippen LogP contribution is 2.65. The summed E-state index contributed by atoms with van der Waals surface area (Å²) >= 11 is 0. The molecule has 2 N–H and O–H groups in total. The van der Waals surface area contributed by atoms with Gasteiger partial charge in [0, 0.05) is 56.1 Å². The fraction of sp³-hybridized carbons (Fsp3) is 0.600. The van der Waals surface area contributed by atoms with Gasteiger partial charge in [0.15, 0.2) is 23.1 Å². The van der Waals surface area contributed by atoms with E-state index < -0.39 is 45.1 Å². The van der Waals surface area contributed by atoms with E-state index in [4.69, 9.17) is 0 Å². The van der Waals surface area contributed by atoms with Gasteiger partial charge in [-0.15, -0.1) is 0 Å². The predicted molar refractivity (Wildman–Crippen MR) is 178 cm³/mol. The Morgan fingerprint density at radius 3 is 1.74 bits per heavy atom. The molecule has 0 unspecified atom stereocenters.